The smallest absolute Gasteiger partial charge is 0.295 e. The van der Waals surface area contributed by atoms with E-state index in [0.29, 0.717) is 18.7 Å². The zero-order valence-corrected chi connectivity index (χ0v) is 18.5. The molecule has 2 aliphatic rings. The topological polar surface area (TPSA) is 66.8 Å². The molecule has 1 saturated heterocycles. The van der Waals surface area contributed by atoms with Crippen molar-refractivity contribution >= 4 is 28.8 Å². The fourth-order valence-electron chi connectivity index (χ4n) is 4.49. The molecule has 1 N–H and O–H groups in total. The number of amides is 1. The Bertz CT molecular complexity index is 1230. The molecule has 2 aromatic carbocycles. The van der Waals surface area contributed by atoms with E-state index in [4.69, 9.17) is 4.74 Å². The summed E-state index contributed by atoms with van der Waals surface area (Å²) in [5.74, 6) is -0.573. The number of carbonyl (C=O) groups is 2. The Morgan fingerprint density at radius 2 is 2.00 bits per heavy atom. The summed E-state index contributed by atoms with van der Waals surface area (Å²) >= 11 is 1.54. The maximum atomic E-state index is 13.2. The number of nitrogens with zero attached hydrogens (tertiary/aromatic N) is 1. The molecule has 162 valence electrons. The standard InChI is InChI=1S/C26H23NO4S/c1-16-6-2-3-9-20(16)23-22(25(29)26(30)27(23)15-19-8-5-13-32-19)24(28)18-10-11-21-17(14-18)7-4-12-31-21/h2-3,5-6,8-11,13-14,23,28H,4,7,12,15H2,1H3/b24-22+. The number of thiophene rings is 1. The Labute approximate surface area is 190 Å². The lowest BCUT2D eigenvalue weighted by molar-refractivity contribution is -0.140. The van der Waals surface area contributed by atoms with Crippen LogP contribution in [0.25, 0.3) is 5.76 Å². The van der Waals surface area contributed by atoms with Crippen LogP contribution in [0.4, 0.5) is 0 Å². The summed E-state index contributed by atoms with van der Waals surface area (Å²) in [5, 5.41) is 13.3. The summed E-state index contributed by atoms with van der Waals surface area (Å²) in [5.41, 5.74) is 3.46. The number of aliphatic hydroxyl groups is 1. The predicted octanol–water partition coefficient (Wildman–Crippen LogP) is 5.00. The quantitative estimate of drug-likeness (QED) is 0.349. The van der Waals surface area contributed by atoms with Crippen LogP contribution >= 0.6 is 11.3 Å². The Hall–Kier alpha value is -3.38. The van der Waals surface area contributed by atoms with Crippen molar-refractivity contribution < 1.29 is 19.4 Å². The molecule has 1 aromatic heterocycles. The molecule has 0 spiro atoms. The van der Waals surface area contributed by atoms with Gasteiger partial charge < -0.3 is 14.7 Å². The first-order valence-electron chi connectivity index (χ1n) is 10.7. The van der Waals surface area contributed by atoms with Gasteiger partial charge >= 0.3 is 0 Å². The van der Waals surface area contributed by atoms with Gasteiger partial charge in [-0.1, -0.05) is 30.3 Å². The van der Waals surface area contributed by atoms with Gasteiger partial charge in [-0.2, -0.15) is 0 Å². The third kappa shape index (κ3) is 3.50. The van der Waals surface area contributed by atoms with Crippen LogP contribution in [-0.2, 0) is 22.6 Å². The number of fused-ring (bicyclic) bond motifs is 1. The van der Waals surface area contributed by atoms with Gasteiger partial charge in [-0.3, -0.25) is 9.59 Å². The van der Waals surface area contributed by atoms with E-state index in [2.05, 4.69) is 0 Å². The van der Waals surface area contributed by atoms with Crippen molar-refractivity contribution in [3.05, 3.63) is 92.7 Å². The first-order chi connectivity index (χ1) is 15.5. The molecule has 0 aliphatic carbocycles. The monoisotopic (exact) mass is 445 g/mol. The number of aliphatic hydroxyl groups excluding tert-OH is 1. The average Bonchev–Trinajstić information content (AvgIpc) is 3.41. The Morgan fingerprint density at radius 1 is 1.16 bits per heavy atom. The predicted molar refractivity (Wildman–Crippen MR) is 124 cm³/mol. The van der Waals surface area contributed by atoms with Crippen molar-refractivity contribution in [2.24, 2.45) is 0 Å². The van der Waals surface area contributed by atoms with Gasteiger partial charge in [-0.15, -0.1) is 11.3 Å². The summed E-state index contributed by atoms with van der Waals surface area (Å²) in [6.45, 7) is 2.95. The van der Waals surface area contributed by atoms with Crippen LogP contribution in [0.2, 0.25) is 0 Å². The second kappa shape index (κ2) is 8.28. The highest BCUT2D eigenvalue weighted by Crippen LogP contribution is 2.42. The van der Waals surface area contributed by atoms with E-state index in [1.807, 2.05) is 60.8 Å². The first kappa shape index (κ1) is 20.5. The number of ether oxygens (including phenoxy) is 1. The fraction of sp³-hybridized carbons (Fsp3) is 0.231. The minimum Gasteiger partial charge on any atom is -0.507 e. The van der Waals surface area contributed by atoms with Gasteiger partial charge in [0, 0.05) is 10.4 Å². The molecule has 32 heavy (non-hydrogen) atoms. The third-order valence-electron chi connectivity index (χ3n) is 6.11. The zero-order chi connectivity index (χ0) is 22.2. The molecule has 0 bridgehead atoms. The van der Waals surface area contributed by atoms with Crippen molar-refractivity contribution in [1.82, 2.24) is 4.90 Å². The molecule has 0 radical (unpaired) electrons. The van der Waals surface area contributed by atoms with E-state index < -0.39 is 17.7 Å². The van der Waals surface area contributed by atoms with Crippen LogP contribution in [0.1, 0.15) is 39.6 Å². The maximum absolute atomic E-state index is 13.2. The van der Waals surface area contributed by atoms with Crippen molar-refractivity contribution in [3.63, 3.8) is 0 Å². The third-order valence-corrected chi connectivity index (χ3v) is 6.97. The van der Waals surface area contributed by atoms with E-state index in [1.54, 1.807) is 11.0 Å². The van der Waals surface area contributed by atoms with Crippen molar-refractivity contribution in [3.8, 4) is 5.75 Å². The molecule has 2 aliphatic heterocycles. The molecular weight excluding hydrogens is 422 g/mol. The Balaban J connectivity index is 1.65. The summed E-state index contributed by atoms with van der Waals surface area (Å²) in [6.07, 6.45) is 1.76. The zero-order valence-electron chi connectivity index (χ0n) is 17.7. The summed E-state index contributed by atoms with van der Waals surface area (Å²) in [7, 11) is 0. The van der Waals surface area contributed by atoms with Gasteiger partial charge in [0.25, 0.3) is 11.7 Å². The van der Waals surface area contributed by atoms with Crippen LogP contribution in [-0.4, -0.2) is 28.3 Å². The minimum atomic E-state index is -0.652. The molecule has 5 rings (SSSR count). The molecule has 1 amide bonds. The van der Waals surface area contributed by atoms with Crippen LogP contribution in [0.3, 0.4) is 0 Å². The lowest BCUT2D eigenvalue weighted by Crippen LogP contribution is -2.29. The van der Waals surface area contributed by atoms with Crippen molar-refractivity contribution in [2.75, 3.05) is 6.61 Å². The molecule has 3 heterocycles. The second-order valence-electron chi connectivity index (χ2n) is 8.14. The van der Waals surface area contributed by atoms with E-state index in [1.165, 1.54) is 11.3 Å². The van der Waals surface area contributed by atoms with Gasteiger partial charge in [-0.25, -0.2) is 0 Å². The molecule has 6 heteroatoms. The van der Waals surface area contributed by atoms with Gasteiger partial charge in [-0.05, 0) is 66.1 Å². The van der Waals surface area contributed by atoms with E-state index in [9.17, 15) is 14.7 Å². The SMILES string of the molecule is Cc1ccccc1C1/C(=C(\O)c2ccc3c(c2)CCCO3)C(=O)C(=O)N1Cc1cccs1. The van der Waals surface area contributed by atoms with E-state index in [0.717, 1.165) is 40.2 Å². The number of Topliss-reactive ketones (excluding diaryl/α,β-unsaturated/α-hetero) is 1. The van der Waals surface area contributed by atoms with E-state index >= 15 is 0 Å². The number of hydrogen-bond acceptors (Lipinski definition) is 5. The van der Waals surface area contributed by atoms with Gasteiger partial charge in [0.05, 0.1) is 24.8 Å². The summed E-state index contributed by atoms with van der Waals surface area (Å²) in [6, 6.07) is 16.4. The molecule has 1 atom stereocenters. The van der Waals surface area contributed by atoms with Crippen LogP contribution in [0, 0.1) is 6.92 Å². The highest BCUT2D eigenvalue weighted by Gasteiger charge is 2.46. The van der Waals surface area contributed by atoms with Gasteiger partial charge in [0.15, 0.2) is 0 Å². The molecule has 3 aromatic rings. The summed E-state index contributed by atoms with van der Waals surface area (Å²) in [4.78, 5) is 28.9. The lowest BCUT2D eigenvalue weighted by Gasteiger charge is -2.26. The normalized spacial score (nSPS) is 19.7. The number of hydrogen-bond donors (Lipinski definition) is 1. The number of likely N-dealkylation sites (tertiary alicyclic amines) is 1. The molecular formula is C26H23NO4S. The highest BCUT2D eigenvalue weighted by atomic mass is 32.1. The van der Waals surface area contributed by atoms with Gasteiger partial charge in [0.2, 0.25) is 0 Å². The minimum absolute atomic E-state index is 0.137. The second-order valence-corrected chi connectivity index (χ2v) is 9.17. The number of benzene rings is 2. The number of rotatable bonds is 4. The largest absolute Gasteiger partial charge is 0.507 e. The Kier molecular flexibility index (Phi) is 5.31. The molecule has 1 fully saturated rings. The number of aryl methyl sites for hydroxylation is 2. The van der Waals surface area contributed by atoms with Crippen molar-refractivity contribution in [1.29, 1.82) is 0 Å². The lowest BCUT2D eigenvalue weighted by atomic mass is 9.92. The molecule has 5 nitrogen and oxygen atoms in total. The number of ketones is 1. The van der Waals surface area contributed by atoms with Crippen molar-refractivity contribution in [2.45, 2.75) is 32.4 Å². The fourth-order valence-corrected chi connectivity index (χ4v) is 5.20. The van der Waals surface area contributed by atoms with Gasteiger partial charge in [0.1, 0.15) is 11.5 Å². The van der Waals surface area contributed by atoms with E-state index in [-0.39, 0.29) is 11.3 Å². The maximum Gasteiger partial charge on any atom is 0.295 e. The average molecular weight is 446 g/mol. The van der Waals surface area contributed by atoms with Crippen LogP contribution in [0.15, 0.2) is 65.6 Å². The molecule has 0 saturated carbocycles. The highest BCUT2D eigenvalue weighted by molar-refractivity contribution is 7.09. The van der Waals surface area contributed by atoms with Crippen LogP contribution < -0.4 is 4.74 Å². The summed E-state index contributed by atoms with van der Waals surface area (Å²) < 4.78 is 5.68. The number of carbonyl (C=O) groups excluding carboxylic acids is 2. The molecule has 1 unspecified atom stereocenters. The first-order valence-corrected chi connectivity index (χ1v) is 11.5. The van der Waals surface area contributed by atoms with Crippen LogP contribution in [0.5, 0.6) is 5.75 Å². The Morgan fingerprint density at radius 3 is 2.78 bits per heavy atom.